The zero-order chi connectivity index (χ0) is 12.1. The van der Waals surface area contributed by atoms with Gasteiger partial charge in [0, 0.05) is 6.04 Å². The van der Waals surface area contributed by atoms with Crippen LogP contribution >= 0.6 is 0 Å². The second kappa shape index (κ2) is 5.65. The third kappa shape index (κ3) is 3.18. The first-order valence-corrected chi connectivity index (χ1v) is 6.19. The van der Waals surface area contributed by atoms with Crippen molar-refractivity contribution < 1.29 is 0 Å². The molecular formula is C16H19N. The normalized spacial score (nSPS) is 12.4. The molecule has 2 rings (SSSR count). The zero-order valence-corrected chi connectivity index (χ0v) is 10.3. The van der Waals surface area contributed by atoms with Crippen molar-refractivity contribution >= 4 is 0 Å². The Bertz CT molecular complexity index is 445. The first-order valence-electron chi connectivity index (χ1n) is 6.19. The predicted molar refractivity (Wildman–Crippen MR) is 73.8 cm³/mol. The highest BCUT2D eigenvalue weighted by atomic mass is 14.6. The lowest BCUT2D eigenvalue weighted by Gasteiger charge is -2.09. The van der Waals surface area contributed by atoms with Gasteiger partial charge in [-0.25, -0.2) is 0 Å². The highest BCUT2D eigenvalue weighted by Gasteiger charge is 2.02. The summed E-state index contributed by atoms with van der Waals surface area (Å²) in [5, 5.41) is 0. The molecule has 1 nitrogen and oxygen atoms in total. The summed E-state index contributed by atoms with van der Waals surface area (Å²) in [6.45, 7) is 2.13. The van der Waals surface area contributed by atoms with Gasteiger partial charge in [-0.15, -0.1) is 0 Å². The van der Waals surface area contributed by atoms with Gasteiger partial charge in [-0.2, -0.15) is 0 Å². The molecule has 1 heteroatoms. The maximum atomic E-state index is 5.95. The largest absolute Gasteiger partial charge is 0.327 e. The molecule has 88 valence electrons. The summed E-state index contributed by atoms with van der Waals surface area (Å²) < 4.78 is 0. The van der Waals surface area contributed by atoms with Crippen molar-refractivity contribution in [3.05, 3.63) is 60.2 Å². The molecule has 0 radical (unpaired) electrons. The van der Waals surface area contributed by atoms with Crippen LogP contribution in [-0.2, 0) is 6.42 Å². The highest BCUT2D eigenvalue weighted by molar-refractivity contribution is 5.63. The Hall–Kier alpha value is -1.60. The van der Waals surface area contributed by atoms with Crippen molar-refractivity contribution in [1.82, 2.24) is 0 Å². The number of nitrogens with two attached hydrogens (primary N) is 1. The van der Waals surface area contributed by atoms with Gasteiger partial charge in [0.05, 0.1) is 0 Å². The molecular weight excluding hydrogens is 206 g/mol. The van der Waals surface area contributed by atoms with E-state index in [1.807, 2.05) is 6.07 Å². The third-order valence-corrected chi connectivity index (χ3v) is 3.08. The predicted octanol–water partition coefficient (Wildman–Crippen LogP) is 3.63. The Kier molecular flexibility index (Phi) is 3.94. The minimum atomic E-state index is 0.276. The average molecular weight is 225 g/mol. The molecule has 1 atom stereocenters. The van der Waals surface area contributed by atoms with Gasteiger partial charge in [0.1, 0.15) is 0 Å². The monoisotopic (exact) mass is 225 g/mol. The molecule has 0 bridgehead atoms. The smallest absolute Gasteiger partial charge is 0.00766 e. The van der Waals surface area contributed by atoms with E-state index in [-0.39, 0.29) is 6.04 Å². The Morgan fingerprint density at radius 3 is 2.06 bits per heavy atom. The summed E-state index contributed by atoms with van der Waals surface area (Å²) in [4.78, 5) is 0. The Morgan fingerprint density at radius 2 is 1.47 bits per heavy atom. The van der Waals surface area contributed by atoms with Gasteiger partial charge in [-0.1, -0.05) is 61.5 Å². The molecule has 2 aromatic rings. The van der Waals surface area contributed by atoms with Crippen molar-refractivity contribution in [3.63, 3.8) is 0 Å². The fourth-order valence-corrected chi connectivity index (χ4v) is 1.91. The minimum Gasteiger partial charge on any atom is -0.327 e. The third-order valence-electron chi connectivity index (χ3n) is 3.08. The summed E-state index contributed by atoms with van der Waals surface area (Å²) in [5.74, 6) is 0. The van der Waals surface area contributed by atoms with E-state index in [4.69, 9.17) is 5.73 Å². The fraction of sp³-hybridized carbons (Fsp3) is 0.250. The highest BCUT2D eigenvalue weighted by Crippen LogP contribution is 2.19. The van der Waals surface area contributed by atoms with E-state index in [0.717, 1.165) is 12.8 Å². The van der Waals surface area contributed by atoms with Crippen LogP contribution in [0.15, 0.2) is 54.6 Å². The van der Waals surface area contributed by atoms with E-state index in [1.165, 1.54) is 16.7 Å². The first-order chi connectivity index (χ1) is 8.29. The Labute approximate surface area is 103 Å². The molecule has 0 spiro atoms. The van der Waals surface area contributed by atoms with Crippen LogP contribution in [0.5, 0.6) is 0 Å². The van der Waals surface area contributed by atoms with Crippen molar-refractivity contribution in [2.45, 2.75) is 25.8 Å². The summed E-state index contributed by atoms with van der Waals surface area (Å²) in [6, 6.07) is 19.4. The van der Waals surface area contributed by atoms with E-state index >= 15 is 0 Å². The molecule has 0 saturated heterocycles. The Balaban J connectivity index is 2.13. The van der Waals surface area contributed by atoms with Crippen molar-refractivity contribution in [2.24, 2.45) is 5.73 Å². The van der Waals surface area contributed by atoms with Crippen LogP contribution in [0, 0.1) is 0 Å². The van der Waals surface area contributed by atoms with Gasteiger partial charge >= 0.3 is 0 Å². The summed E-state index contributed by atoms with van der Waals surface area (Å²) >= 11 is 0. The molecule has 0 heterocycles. The molecule has 0 aliphatic carbocycles. The van der Waals surface area contributed by atoms with Crippen LogP contribution in [0.2, 0.25) is 0 Å². The van der Waals surface area contributed by atoms with Gasteiger partial charge in [0.2, 0.25) is 0 Å². The molecule has 2 N–H and O–H groups in total. The molecule has 0 aromatic heterocycles. The maximum absolute atomic E-state index is 5.95. The van der Waals surface area contributed by atoms with Gasteiger partial charge in [-0.05, 0) is 29.5 Å². The quantitative estimate of drug-likeness (QED) is 0.844. The Morgan fingerprint density at radius 1 is 0.882 bits per heavy atom. The fourth-order valence-electron chi connectivity index (χ4n) is 1.91. The van der Waals surface area contributed by atoms with Crippen LogP contribution in [0.25, 0.3) is 11.1 Å². The topological polar surface area (TPSA) is 26.0 Å². The molecule has 0 aliphatic heterocycles. The number of rotatable bonds is 4. The van der Waals surface area contributed by atoms with Crippen LogP contribution in [0.1, 0.15) is 18.9 Å². The van der Waals surface area contributed by atoms with E-state index in [0.29, 0.717) is 0 Å². The van der Waals surface area contributed by atoms with Crippen molar-refractivity contribution in [2.75, 3.05) is 0 Å². The molecule has 0 aliphatic rings. The number of hydrogen-bond donors (Lipinski definition) is 1. The maximum Gasteiger partial charge on any atom is 0.00766 e. The van der Waals surface area contributed by atoms with Gasteiger partial charge in [-0.3, -0.25) is 0 Å². The lowest BCUT2D eigenvalue weighted by atomic mass is 10.0. The lowest BCUT2D eigenvalue weighted by molar-refractivity contribution is 0.646. The number of benzene rings is 2. The zero-order valence-electron chi connectivity index (χ0n) is 10.3. The van der Waals surface area contributed by atoms with E-state index in [1.54, 1.807) is 0 Å². The SMILES string of the molecule is CC[C@H](N)Cc1ccc(-c2ccccc2)cc1. The van der Waals surface area contributed by atoms with Crippen LogP contribution in [0.4, 0.5) is 0 Å². The van der Waals surface area contributed by atoms with E-state index < -0.39 is 0 Å². The second-order valence-electron chi connectivity index (χ2n) is 4.44. The molecule has 0 fully saturated rings. The summed E-state index contributed by atoms with van der Waals surface area (Å²) in [7, 11) is 0. The van der Waals surface area contributed by atoms with Gasteiger partial charge in [0.15, 0.2) is 0 Å². The average Bonchev–Trinajstić information content (AvgIpc) is 2.40. The van der Waals surface area contributed by atoms with Crippen molar-refractivity contribution in [3.8, 4) is 11.1 Å². The minimum absolute atomic E-state index is 0.276. The molecule has 0 amide bonds. The molecule has 2 aromatic carbocycles. The van der Waals surface area contributed by atoms with Crippen LogP contribution in [0.3, 0.4) is 0 Å². The second-order valence-corrected chi connectivity index (χ2v) is 4.44. The lowest BCUT2D eigenvalue weighted by Crippen LogP contribution is -2.21. The van der Waals surface area contributed by atoms with Crippen LogP contribution in [-0.4, -0.2) is 6.04 Å². The van der Waals surface area contributed by atoms with Crippen LogP contribution < -0.4 is 5.73 Å². The first kappa shape index (κ1) is 11.9. The van der Waals surface area contributed by atoms with Crippen molar-refractivity contribution in [1.29, 1.82) is 0 Å². The van der Waals surface area contributed by atoms with E-state index in [2.05, 4.69) is 55.5 Å². The van der Waals surface area contributed by atoms with Gasteiger partial charge in [0.25, 0.3) is 0 Å². The molecule has 17 heavy (non-hydrogen) atoms. The van der Waals surface area contributed by atoms with Gasteiger partial charge < -0.3 is 5.73 Å². The standard InChI is InChI=1S/C16H19N/c1-2-16(17)12-13-8-10-15(11-9-13)14-6-4-3-5-7-14/h3-11,16H,2,12,17H2,1H3/t16-/m0/s1. The molecule has 0 saturated carbocycles. The summed E-state index contributed by atoms with van der Waals surface area (Å²) in [5.41, 5.74) is 9.80. The number of hydrogen-bond acceptors (Lipinski definition) is 1. The summed E-state index contributed by atoms with van der Waals surface area (Å²) in [6.07, 6.45) is 1.99. The van der Waals surface area contributed by atoms with E-state index in [9.17, 15) is 0 Å². The molecule has 0 unspecified atom stereocenters.